The van der Waals surface area contributed by atoms with Crippen LogP contribution in [0, 0.1) is 0 Å². The van der Waals surface area contributed by atoms with Gasteiger partial charge in [0.2, 0.25) is 0 Å². The van der Waals surface area contributed by atoms with E-state index >= 15 is 4.39 Å². The monoisotopic (exact) mass is 444 g/mol. The van der Waals surface area contributed by atoms with Gasteiger partial charge in [-0.1, -0.05) is 35.3 Å². The zero-order valence-electron chi connectivity index (χ0n) is 16.9. The molecule has 3 N–H and O–H groups in total. The average molecular weight is 445 g/mol. The molecular weight excluding hydrogens is 414 g/mol. The van der Waals surface area contributed by atoms with Gasteiger partial charge in [-0.05, 0) is 44.2 Å². The molecule has 1 saturated carbocycles. The number of amides is 2. The summed E-state index contributed by atoms with van der Waals surface area (Å²) < 4.78 is 15.9. The highest BCUT2D eigenvalue weighted by Gasteiger charge is 2.40. The van der Waals surface area contributed by atoms with Gasteiger partial charge in [0.05, 0.1) is 10.0 Å². The van der Waals surface area contributed by atoms with E-state index < -0.39 is 5.67 Å². The summed E-state index contributed by atoms with van der Waals surface area (Å²) in [4.78, 5) is 14.1. The average Bonchev–Trinajstić information content (AvgIpc) is 2.71. The Balaban J connectivity index is 1.71. The highest BCUT2D eigenvalue weighted by Crippen LogP contribution is 2.43. The van der Waals surface area contributed by atoms with Crippen LogP contribution in [0.2, 0.25) is 10.0 Å². The minimum atomic E-state index is -1.28. The molecule has 8 heteroatoms. The molecule has 1 atom stereocenters. The zero-order chi connectivity index (χ0) is 20.9. The standard InChI is InChI=1S/C21H31Cl2FN4O/c1-2-26-20(29)27-15-6-8-21(24,9-7-15)14-18(28-12-10-25-11-13-28)16-4-3-5-17(22)19(16)23/h3-5,15,18,25H,2,6-14H2,1H3,(H2,26,27,29). The fourth-order valence-corrected chi connectivity index (χ4v) is 4.87. The lowest BCUT2D eigenvalue weighted by atomic mass is 9.78. The summed E-state index contributed by atoms with van der Waals surface area (Å²) in [7, 11) is 0. The second kappa shape index (κ2) is 10.3. The number of hydrogen-bond donors (Lipinski definition) is 3. The van der Waals surface area contributed by atoms with Crippen molar-refractivity contribution in [3.05, 3.63) is 33.8 Å². The van der Waals surface area contributed by atoms with Crippen LogP contribution in [0.25, 0.3) is 0 Å². The molecule has 0 bridgehead atoms. The molecule has 1 aliphatic carbocycles. The molecule has 5 nitrogen and oxygen atoms in total. The van der Waals surface area contributed by atoms with Crippen LogP contribution >= 0.6 is 23.2 Å². The maximum Gasteiger partial charge on any atom is 0.314 e. The Morgan fingerprint density at radius 2 is 2.00 bits per heavy atom. The molecule has 29 heavy (non-hydrogen) atoms. The summed E-state index contributed by atoms with van der Waals surface area (Å²) in [6.07, 6.45) is 2.55. The molecule has 2 aliphatic rings. The molecule has 0 spiro atoms. The molecule has 0 radical (unpaired) electrons. The Morgan fingerprint density at radius 1 is 1.31 bits per heavy atom. The van der Waals surface area contributed by atoms with E-state index in [0.717, 1.165) is 31.7 Å². The fraction of sp³-hybridized carbons (Fsp3) is 0.667. The van der Waals surface area contributed by atoms with Crippen molar-refractivity contribution in [1.29, 1.82) is 0 Å². The quantitative estimate of drug-likeness (QED) is 0.612. The molecule has 1 aromatic rings. The molecule has 1 aliphatic heterocycles. The maximum absolute atomic E-state index is 15.9. The zero-order valence-corrected chi connectivity index (χ0v) is 18.5. The van der Waals surface area contributed by atoms with Crippen molar-refractivity contribution in [2.24, 2.45) is 0 Å². The van der Waals surface area contributed by atoms with Gasteiger partial charge >= 0.3 is 6.03 Å². The van der Waals surface area contributed by atoms with Gasteiger partial charge in [0.15, 0.2) is 0 Å². The van der Waals surface area contributed by atoms with Gasteiger partial charge in [0.1, 0.15) is 5.67 Å². The molecule has 1 aromatic carbocycles. The largest absolute Gasteiger partial charge is 0.338 e. The van der Waals surface area contributed by atoms with Crippen molar-refractivity contribution in [3.8, 4) is 0 Å². The van der Waals surface area contributed by atoms with Crippen LogP contribution < -0.4 is 16.0 Å². The highest BCUT2D eigenvalue weighted by atomic mass is 35.5. The van der Waals surface area contributed by atoms with E-state index in [2.05, 4.69) is 20.9 Å². The number of carbonyl (C=O) groups is 1. The van der Waals surface area contributed by atoms with Crippen LogP contribution in [0.15, 0.2) is 18.2 Å². The Hall–Kier alpha value is -1.08. The number of halogens is 3. The van der Waals surface area contributed by atoms with Crippen molar-refractivity contribution in [3.63, 3.8) is 0 Å². The molecule has 1 unspecified atom stereocenters. The van der Waals surface area contributed by atoms with E-state index in [1.165, 1.54) is 0 Å². The Bertz CT molecular complexity index is 691. The summed E-state index contributed by atoms with van der Waals surface area (Å²) in [5.74, 6) is 0. The van der Waals surface area contributed by atoms with Crippen molar-refractivity contribution < 1.29 is 9.18 Å². The van der Waals surface area contributed by atoms with Crippen LogP contribution in [0.4, 0.5) is 9.18 Å². The lowest BCUT2D eigenvalue weighted by molar-refractivity contribution is 0.0393. The van der Waals surface area contributed by atoms with Gasteiger partial charge < -0.3 is 16.0 Å². The molecule has 1 heterocycles. The Labute approximate surface area is 182 Å². The molecule has 2 fully saturated rings. The third-order valence-electron chi connectivity index (χ3n) is 6.05. The van der Waals surface area contributed by atoms with Crippen molar-refractivity contribution in [2.75, 3.05) is 32.7 Å². The van der Waals surface area contributed by atoms with Crippen LogP contribution in [-0.4, -0.2) is 55.4 Å². The minimum absolute atomic E-state index is 0.0258. The van der Waals surface area contributed by atoms with Gasteiger partial charge in [-0.2, -0.15) is 0 Å². The van der Waals surface area contributed by atoms with Crippen LogP contribution in [0.1, 0.15) is 50.6 Å². The SMILES string of the molecule is CCNC(=O)NC1CCC(F)(CC(c2cccc(Cl)c2Cl)N2CCNCC2)CC1. The maximum atomic E-state index is 15.9. The summed E-state index contributed by atoms with van der Waals surface area (Å²) >= 11 is 12.8. The predicted octanol–water partition coefficient (Wildman–Crippen LogP) is 4.30. The van der Waals surface area contributed by atoms with E-state index in [0.29, 0.717) is 48.7 Å². The number of nitrogens with zero attached hydrogens (tertiary/aromatic N) is 1. The normalized spacial score (nSPS) is 26.7. The van der Waals surface area contributed by atoms with Crippen molar-refractivity contribution >= 4 is 29.2 Å². The predicted molar refractivity (Wildman–Crippen MR) is 117 cm³/mol. The second-order valence-electron chi connectivity index (χ2n) is 8.08. The van der Waals surface area contributed by atoms with Gasteiger partial charge in [-0.15, -0.1) is 0 Å². The second-order valence-corrected chi connectivity index (χ2v) is 8.86. The minimum Gasteiger partial charge on any atom is -0.338 e. The number of nitrogens with one attached hydrogen (secondary N) is 3. The topological polar surface area (TPSA) is 56.4 Å². The number of urea groups is 1. The molecule has 3 rings (SSSR count). The van der Waals surface area contributed by atoms with Crippen molar-refractivity contribution in [1.82, 2.24) is 20.9 Å². The molecule has 162 valence electrons. The van der Waals surface area contributed by atoms with E-state index in [4.69, 9.17) is 23.2 Å². The smallest absolute Gasteiger partial charge is 0.314 e. The van der Waals surface area contributed by atoms with Gasteiger partial charge in [0, 0.05) is 51.2 Å². The summed E-state index contributed by atoms with van der Waals surface area (Å²) in [5, 5.41) is 10.1. The molecule has 2 amide bonds. The third-order valence-corrected chi connectivity index (χ3v) is 6.88. The first-order valence-electron chi connectivity index (χ1n) is 10.5. The lowest BCUT2D eigenvalue weighted by Crippen LogP contribution is -2.49. The van der Waals surface area contributed by atoms with E-state index in [9.17, 15) is 4.79 Å². The highest BCUT2D eigenvalue weighted by molar-refractivity contribution is 6.42. The number of carbonyl (C=O) groups excluding carboxylic acids is 1. The fourth-order valence-electron chi connectivity index (χ4n) is 4.43. The van der Waals surface area contributed by atoms with Crippen LogP contribution in [0.3, 0.4) is 0 Å². The molecule has 1 saturated heterocycles. The number of piperazine rings is 1. The first-order chi connectivity index (χ1) is 13.9. The first-order valence-corrected chi connectivity index (χ1v) is 11.3. The Morgan fingerprint density at radius 3 is 2.66 bits per heavy atom. The summed E-state index contributed by atoms with van der Waals surface area (Å²) in [6.45, 7) is 5.93. The van der Waals surface area contributed by atoms with E-state index in [1.807, 2.05) is 19.1 Å². The van der Waals surface area contributed by atoms with Gasteiger partial charge in [0.25, 0.3) is 0 Å². The van der Waals surface area contributed by atoms with Gasteiger partial charge in [-0.25, -0.2) is 9.18 Å². The molecule has 0 aromatic heterocycles. The summed E-state index contributed by atoms with van der Waals surface area (Å²) in [5.41, 5.74) is -0.374. The van der Waals surface area contributed by atoms with E-state index in [-0.39, 0.29) is 18.1 Å². The molecular formula is C21H31Cl2FN4O. The van der Waals surface area contributed by atoms with Crippen molar-refractivity contribution in [2.45, 2.75) is 56.8 Å². The number of rotatable bonds is 6. The lowest BCUT2D eigenvalue weighted by Gasteiger charge is -2.41. The summed E-state index contributed by atoms with van der Waals surface area (Å²) in [6, 6.07) is 5.36. The Kier molecular flexibility index (Phi) is 8.02. The van der Waals surface area contributed by atoms with E-state index in [1.54, 1.807) is 6.07 Å². The number of alkyl halides is 1. The van der Waals surface area contributed by atoms with Crippen LogP contribution in [0.5, 0.6) is 0 Å². The third kappa shape index (κ3) is 5.97. The van der Waals surface area contributed by atoms with Crippen LogP contribution in [-0.2, 0) is 0 Å². The number of hydrogen-bond acceptors (Lipinski definition) is 3. The van der Waals surface area contributed by atoms with Gasteiger partial charge in [-0.3, -0.25) is 4.90 Å². The number of benzene rings is 1. The first kappa shape index (κ1) is 22.6.